The number of hydrogen-bond acceptors (Lipinski definition) is 3. The molecule has 0 N–H and O–H groups in total. The Morgan fingerprint density at radius 1 is 1.50 bits per heavy atom. The molecule has 0 radical (unpaired) electrons. The van der Waals surface area contributed by atoms with E-state index in [1.165, 1.54) is 0 Å². The number of aldehydes is 1. The number of hydrogen-bond donors (Lipinski definition) is 0. The van der Waals surface area contributed by atoms with E-state index in [4.69, 9.17) is 16.3 Å². The van der Waals surface area contributed by atoms with Crippen molar-refractivity contribution in [3.05, 3.63) is 29.8 Å². The van der Waals surface area contributed by atoms with Gasteiger partial charge in [0.2, 0.25) is 0 Å². The van der Waals surface area contributed by atoms with Gasteiger partial charge in [0, 0.05) is 10.6 Å². The lowest BCUT2D eigenvalue weighted by Gasteiger charge is -2.38. The van der Waals surface area contributed by atoms with Crippen LogP contribution in [-0.4, -0.2) is 25.5 Å². The highest BCUT2D eigenvalue weighted by atomic mass is 35.5. The summed E-state index contributed by atoms with van der Waals surface area (Å²) in [5, 5.41) is 0.621. The molecule has 0 saturated carbocycles. The molecule has 0 spiro atoms. The predicted octanol–water partition coefficient (Wildman–Crippen LogP) is 2.05. The van der Waals surface area contributed by atoms with Gasteiger partial charge in [0.15, 0.2) is 0 Å². The molecule has 4 heteroatoms. The molecule has 1 unspecified atom stereocenters. The van der Waals surface area contributed by atoms with Crippen LogP contribution in [-0.2, 0) is 4.79 Å². The van der Waals surface area contributed by atoms with E-state index < -0.39 is 0 Å². The Morgan fingerprint density at radius 2 is 2.38 bits per heavy atom. The molecule has 3 rings (SSSR count). The fourth-order valence-corrected chi connectivity index (χ4v) is 2.52. The minimum absolute atomic E-state index is 0.273. The lowest BCUT2D eigenvalue weighted by Crippen LogP contribution is -2.43. The number of anilines is 1. The second-order valence-corrected chi connectivity index (χ2v) is 4.24. The van der Waals surface area contributed by atoms with Crippen LogP contribution in [0.3, 0.4) is 0 Å². The van der Waals surface area contributed by atoms with E-state index in [0.29, 0.717) is 18.2 Å². The van der Waals surface area contributed by atoms with Crippen molar-refractivity contribution >= 4 is 28.6 Å². The van der Waals surface area contributed by atoms with Crippen LogP contribution < -0.4 is 9.64 Å². The van der Waals surface area contributed by atoms with Gasteiger partial charge in [0.05, 0.1) is 12.2 Å². The maximum atomic E-state index is 11.0. The molecule has 16 heavy (non-hydrogen) atoms. The van der Waals surface area contributed by atoms with Crippen molar-refractivity contribution in [2.75, 3.05) is 18.1 Å². The standard InChI is InChI=1S/C12H10ClNO2/c13-10-6-8(7-15)14-4-5-16-11-3-1-2-9(10)12(11)14/h1-3,6-8H,4-5H2. The summed E-state index contributed by atoms with van der Waals surface area (Å²) >= 11 is 6.16. The van der Waals surface area contributed by atoms with Crippen LogP contribution in [0.15, 0.2) is 24.3 Å². The molecular formula is C12H10ClNO2. The van der Waals surface area contributed by atoms with Gasteiger partial charge in [-0.05, 0) is 12.1 Å². The lowest BCUT2D eigenvalue weighted by molar-refractivity contribution is -0.108. The second-order valence-electron chi connectivity index (χ2n) is 3.84. The number of nitrogens with zero attached hydrogens (tertiary/aromatic N) is 1. The van der Waals surface area contributed by atoms with Gasteiger partial charge in [-0.1, -0.05) is 23.7 Å². The summed E-state index contributed by atoms with van der Waals surface area (Å²) in [4.78, 5) is 13.1. The molecule has 1 aromatic rings. The molecule has 0 fully saturated rings. The van der Waals surface area contributed by atoms with Crippen molar-refractivity contribution in [2.45, 2.75) is 6.04 Å². The predicted molar refractivity (Wildman–Crippen MR) is 63.0 cm³/mol. The van der Waals surface area contributed by atoms with Crippen LogP contribution in [0, 0.1) is 0 Å². The highest BCUT2D eigenvalue weighted by Crippen LogP contribution is 2.43. The fraction of sp³-hybridized carbons (Fsp3) is 0.250. The molecule has 0 saturated heterocycles. The molecule has 2 aliphatic heterocycles. The van der Waals surface area contributed by atoms with Crippen LogP contribution >= 0.6 is 11.6 Å². The average Bonchev–Trinajstić information content (AvgIpc) is 2.33. The highest BCUT2D eigenvalue weighted by Gasteiger charge is 2.30. The van der Waals surface area contributed by atoms with Gasteiger partial charge in [-0.25, -0.2) is 0 Å². The molecule has 2 heterocycles. The molecule has 3 nitrogen and oxygen atoms in total. The first-order chi connectivity index (χ1) is 7.81. The van der Waals surface area contributed by atoms with E-state index in [2.05, 4.69) is 0 Å². The van der Waals surface area contributed by atoms with E-state index in [1.807, 2.05) is 23.1 Å². The van der Waals surface area contributed by atoms with E-state index in [-0.39, 0.29) is 6.04 Å². The topological polar surface area (TPSA) is 29.5 Å². The number of benzene rings is 1. The maximum absolute atomic E-state index is 11.0. The van der Waals surface area contributed by atoms with E-state index in [9.17, 15) is 4.79 Å². The number of ether oxygens (including phenoxy) is 1. The SMILES string of the molecule is O=CC1C=C(Cl)c2cccc3c2N1CCO3. The van der Waals surface area contributed by atoms with Crippen molar-refractivity contribution in [1.29, 1.82) is 0 Å². The summed E-state index contributed by atoms with van der Waals surface area (Å²) in [6, 6.07) is 5.49. The molecule has 0 bridgehead atoms. The van der Waals surface area contributed by atoms with Crippen LogP contribution in [0.5, 0.6) is 5.75 Å². The zero-order valence-electron chi connectivity index (χ0n) is 8.52. The van der Waals surface area contributed by atoms with Gasteiger partial charge < -0.3 is 14.4 Å². The highest BCUT2D eigenvalue weighted by molar-refractivity contribution is 6.49. The van der Waals surface area contributed by atoms with Gasteiger partial charge in [-0.3, -0.25) is 0 Å². The Balaban J connectivity index is 2.24. The van der Waals surface area contributed by atoms with Crippen molar-refractivity contribution in [1.82, 2.24) is 0 Å². The Labute approximate surface area is 98.3 Å². The van der Waals surface area contributed by atoms with Crippen molar-refractivity contribution < 1.29 is 9.53 Å². The summed E-state index contributed by atoms with van der Waals surface area (Å²) in [5.74, 6) is 0.807. The smallest absolute Gasteiger partial charge is 0.146 e. The molecule has 82 valence electrons. The number of halogens is 1. The fourth-order valence-electron chi connectivity index (χ4n) is 2.23. The van der Waals surface area contributed by atoms with Crippen LogP contribution in [0.4, 0.5) is 5.69 Å². The minimum atomic E-state index is -0.273. The Kier molecular flexibility index (Phi) is 2.14. The van der Waals surface area contributed by atoms with Crippen molar-refractivity contribution in [3.8, 4) is 5.75 Å². The second kappa shape index (κ2) is 3.52. The first-order valence-electron chi connectivity index (χ1n) is 5.16. The molecule has 0 amide bonds. The first kappa shape index (κ1) is 9.73. The third-order valence-corrected chi connectivity index (χ3v) is 3.28. The summed E-state index contributed by atoms with van der Waals surface area (Å²) in [7, 11) is 0. The maximum Gasteiger partial charge on any atom is 0.146 e. The number of carbonyl (C=O) groups excluding carboxylic acids is 1. The van der Waals surface area contributed by atoms with Crippen LogP contribution in [0.2, 0.25) is 0 Å². The molecular weight excluding hydrogens is 226 g/mol. The molecule has 1 atom stereocenters. The quantitative estimate of drug-likeness (QED) is 0.698. The summed E-state index contributed by atoms with van der Waals surface area (Å²) < 4.78 is 5.57. The Hall–Kier alpha value is -1.48. The van der Waals surface area contributed by atoms with Crippen LogP contribution in [0.25, 0.3) is 5.03 Å². The van der Waals surface area contributed by atoms with E-state index >= 15 is 0 Å². The number of rotatable bonds is 1. The lowest BCUT2D eigenvalue weighted by atomic mass is 10.0. The zero-order valence-corrected chi connectivity index (χ0v) is 9.28. The minimum Gasteiger partial charge on any atom is -0.490 e. The van der Waals surface area contributed by atoms with Gasteiger partial charge in [0.25, 0.3) is 0 Å². The van der Waals surface area contributed by atoms with Gasteiger partial charge in [0.1, 0.15) is 24.7 Å². The summed E-state index contributed by atoms with van der Waals surface area (Å²) in [6.07, 6.45) is 2.69. The Bertz CT molecular complexity index is 484. The largest absolute Gasteiger partial charge is 0.490 e. The third kappa shape index (κ3) is 1.25. The third-order valence-electron chi connectivity index (χ3n) is 2.95. The van der Waals surface area contributed by atoms with Crippen molar-refractivity contribution in [2.24, 2.45) is 0 Å². The average molecular weight is 236 g/mol. The summed E-state index contributed by atoms with van der Waals surface area (Å²) in [5.41, 5.74) is 1.88. The first-order valence-corrected chi connectivity index (χ1v) is 5.54. The molecule has 0 aromatic heterocycles. The molecule has 2 aliphatic rings. The van der Waals surface area contributed by atoms with E-state index in [0.717, 1.165) is 23.3 Å². The monoisotopic (exact) mass is 235 g/mol. The Morgan fingerprint density at radius 3 is 3.19 bits per heavy atom. The molecule has 1 aromatic carbocycles. The number of para-hydroxylation sites is 1. The normalized spacial score (nSPS) is 21.9. The zero-order chi connectivity index (χ0) is 11.1. The summed E-state index contributed by atoms with van der Waals surface area (Å²) in [6.45, 7) is 1.32. The van der Waals surface area contributed by atoms with E-state index in [1.54, 1.807) is 6.08 Å². The van der Waals surface area contributed by atoms with Gasteiger partial charge in [-0.2, -0.15) is 0 Å². The van der Waals surface area contributed by atoms with Crippen molar-refractivity contribution in [3.63, 3.8) is 0 Å². The van der Waals surface area contributed by atoms with Crippen LogP contribution in [0.1, 0.15) is 5.56 Å². The van der Waals surface area contributed by atoms with Gasteiger partial charge >= 0.3 is 0 Å². The molecule has 0 aliphatic carbocycles. The van der Waals surface area contributed by atoms with Gasteiger partial charge in [-0.15, -0.1) is 0 Å². The number of carbonyl (C=O) groups is 1.